The van der Waals surface area contributed by atoms with E-state index in [1.54, 1.807) is 0 Å². The lowest BCUT2D eigenvalue weighted by atomic mass is 9.75. The number of para-hydroxylation sites is 1. The highest BCUT2D eigenvalue weighted by molar-refractivity contribution is 7.98. The summed E-state index contributed by atoms with van der Waals surface area (Å²) in [5, 5.41) is 3.69. The summed E-state index contributed by atoms with van der Waals surface area (Å²) >= 11 is 1.81. The van der Waals surface area contributed by atoms with Crippen molar-refractivity contribution in [3.63, 3.8) is 0 Å². The van der Waals surface area contributed by atoms with E-state index in [0.29, 0.717) is 6.04 Å². The van der Waals surface area contributed by atoms with E-state index < -0.39 is 0 Å². The van der Waals surface area contributed by atoms with Crippen LogP contribution in [0, 0.1) is 6.92 Å². The van der Waals surface area contributed by atoms with Crippen LogP contribution < -0.4 is 5.32 Å². The minimum absolute atomic E-state index is 0.619. The number of benzene rings is 2. The second-order valence-electron chi connectivity index (χ2n) is 5.62. The Hall–Kier alpha value is -1.41. The van der Waals surface area contributed by atoms with Crippen molar-refractivity contribution in [2.45, 2.75) is 36.6 Å². The highest BCUT2D eigenvalue weighted by atomic mass is 32.2. The number of thioether (sulfide) groups is 1. The van der Waals surface area contributed by atoms with Crippen LogP contribution in [0.1, 0.15) is 29.9 Å². The first-order valence-corrected chi connectivity index (χ1v) is 8.45. The van der Waals surface area contributed by atoms with Gasteiger partial charge in [0.2, 0.25) is 0 Å². The molecule has 1 aliphatic carbocycles. The topological polar surface area (TPSA) is 12.0 Å². The summed E-state index contributed by atoms with van der Waals surface area (Å²) in [7, 11) is 0. The Morgan fingerprint density at radius 3 is 2.60 bits per heavy atom. The third-order valence-corrected chi connectivity index (χ3v) is 4.91. The van der Waals surface area contributed by atoms with Gasteiger partial charge < -0.3 is 5.32 Å². The minimum Gasteiger partial charge on any atom is -0.381 e. The second kappa shape index (κ2) is 5.92. The lowest BCUT2D eigenvalue weighted by Gasteiger charge is -2.37. The first kappa shape index (κ1) is 13.6. The van der Waals surface area contributed by atoms with Gasteiger partial charge >= 0.3 is 0 Å². The van der Waals surface area contributed by atoms with Crippen LogP contribution in [0.4, 0.5) is 5.69 Å². The molecule has 0 radical (unpaired) electrons. The van der Waals surface area contributed by atoms with E-state index >= 15 is 0 Å². The highest BCUT2D eigenvalue weighted by Gasteiger charge is 2.30. The molecule has 1 nitrogen and oxygen atoms in total. The molecule has 2 aromatic carbocycles. The van der Waals surface area contributed by atoms with Crippen molar-refractivity contribution in [3.05, 3.63) is 59.7 Å². The first-order chi connectivity index (χ1) is 9.76. The van der Waals surface area contributed by atoms with Crippen LogP contribution in [0.3, 0.4) is 0 Å². The number of aryl methyl sites for hydroxylation is 1. The van der Waals surface area contributed by atoms with Gasteiger partial charge in [-0.05, 0) is 49.6 Å². The summed E-state index contributed by atoms with van der Waals surface area (Å²) < 4.78 is 0. The van der Waals surface area contributed by atoms with Gasteiger partial charge in [-0.15, -0.1) is 11.8 Å². The van der Waals surface area contributed by atoms with Crippen LogP contribution in [0.15, 0.2) is 53.4 Å². The van der Waals surface area contributed by atoms with Gasteiger partial charge in [-0.25, -0.2) is 0 Å². The Morgan fingerprint density at radius 2 is 1.85 bits per heavy atom. The Morgan fingerprint density at radius 1 is 1.05 bits per heavy atom. The molecule has 0 saturated heterocycles. The molecule has 3 rings (SSSR count). The second-order valence-corrected chi connectivity index (χ2v) is 6.47. The van der Waals surface area contributed by atoms with Crippen molar-refractivity contribution in [3.8, 4) is 0 Å². The zero-order valence-corrected chi connectivity index (χ0v) is 12.9. The molecule has 0 aliphatic heterocycles. The Labute approximate surface area is 125 Å². The van der Waals surface area contributed by atoms with Crippen LogP contribution in [-0.4, -0.2) is 12.3 Å². The van der Waals surface area contributed by atoms with Crippen molar-refractivity contribution in [2.75, 3.05) is 11.6 Å². The number of hydrogen-bond donors (Lipinski definition) is 1. The largest absolute Gasteiger partial charge is 0.381 e. The van der Waals surface area contributed by atoms with Crippen LogP contribution >= 0.6 is 11.8 Å². The van der Waals surface area contributed by atoms with Crippen molar-refractivity contribution in [2.24, 2.45) is 0 Å². The molecule has 2 aromatic rings. The SMILES string of the molecule is CSc1ccccc1NC1CC(c2cccc(C)c2)C1. The molecule has 0 unspecified atom stereocenters. The van der Waals surface area contributed by atoms with Gasteiger partial charge in [-0.3, -0.25) is 0 Å². The summed E-state index contributed by atoms with van der Waals surface area (Å²) in [4.78, 5) is 1.34. The molecule has 1 saturated carbocycles. The Bertz CT molecular complexity index is 587. The van der Waals surface area contributed by atoms with E-state index in [-0.39, 0.29) is 0 Å². The van der Waals surface area contributed by atoms with Gasteiger partial charge in [0.15, 0.2) is 0 Å². The van der Waals surface area contributed by atoms with Gasteiger partial charge in [0, 0.05) is 16.6 Å². The lowest BCUT2D eigenvalue weighted by Crippen LogP contribution is -2.34. The maximum Gasteiger partial charge on any atom is 0.0480 e. The normalized spacial score (nSPS) is 21.3. The molecule has 0 spiro atoms. The van der Waals surface area contributed by atoms with Crippen molar-refractivity contribution in [1.82, 2.24) is 0 Å². The molecular formula is C18H21NS. The molecule has 0 aromatic heterocycles. The monoisotopic (exact) mass is 283 g/mol. The molecule has 0 heterocycles. The Kier molecular flexibility index (Phi) is 4.02. The predicted molar refractivity (Wildman–Crippen MR) is 88.8 cm³/mol. The van der Waals surface area contributed by atoms with Gasteiger partial charge in [-0.1, -0.05) is 42.0 Å². The van der Waals surface area contributed by atoms with Gasteiger partial charge in [-0.2, -0.15) is 0 Å². The van der Waals surface area contributed by atoms with Crippen LogP contribution in [0.5, 0.6) is 0 Å². The Balaban J connectivity index is 1.61. The zero-order valence-electron chi connectivity index (χ0n) is 12.1. The fourth-order valence-corrected chi connectivity index (χ4v) is 3.48. The van der Waals surface area contributed by atoms with Crippen molar-refractivity contribution >= 4 is 17.4 Å². The quantitative estimate of drug-likeness (QED) is 0.786. The van der Waals surface area contributed by atoms with Gasteiger partial charge in [0.25, 0.3) is 0 Å². The molecule has 104 valence electrons. The van der Waals surface area contributed by atoms with E-state index in [2.05, 4.69) is 67.0 Å². The number of hydrogen-bond acceptors (Lipinski definition) is 2. The minimum atomic E-state index is 0.619. The molecule has 0 bridgehead atoms. The van der Waals surface area contributed by atoms with E-state index in [4.69, 9.17) is 0 Å². The standard InChI is InChI=1S/C18H21NS/c1-13-6-5-7-14(10-13)15-11-16(12-15)19-17-8-3-4-9-18(17)20-2/h3-10,15-16,19H,11-12H2,1-2H3. The van der Waals surface area contributed by atoms with Gasteiger partial charge in [0.1, 0.15) is 0 Å². The van der Waals surface area contributed by atoms with Crippen LogP contribution in [0.2, 0.25) is 0 Å². The average molecular weight is 283 g/mol. The fraction of sp³-hybridized carbons (Fsp3) is 0.333. The maximum absolute atomic E-state index is 3.69. The van der Waals surface area contributed by atoms with Gasteiger partial charge in [0.05, 0.1) is 0 Å². The van der Waals surface area contributed by atoms with E-state index in [0.717, 1.165) is 5.92 Å². The van der Waals surface area contributed by atoms with Crippen LogP contribution in [-0.2, 0) is 0 Å². The van der Waals surface area contributed by atoms with Crippen LogP contribution in [0.25, 0.3) is 0 Å². The summed E-state index contributed by atoms with van der Waals surface area (Å²) in [6, 6.07) is 18.2. The lowest BCUT2D eigenvalue weighted by molar-refractivity contribution is 0.373. The smallest absolute Gasteiger partial charge is 0.0480 e. The molecule has 0 amide bonds. The summed E-state index contributed by atoms with van der Waals surface area (Å²) in [5.74, 6) is 0.730. The zero-order chi connectivity index (χ0) is 13.9. The molecule has 2 heteroatoms. The van der Waals surface area contributed by atoms with E-state index in [9.17, 15) is 0 Å². The average Bonchev–Trinajstić information content (AvgIpc) is 2.42. The highest BCUT2D eigenvalue weighted by Crippen LogP contribution is 2.39. The van der Waals surface area contributed by atoms with Crippen molar-refractivity contribution in [1.29, 1.82) is 0 Å². The molecular weight excluding hydrogens is 262 g/mol. The van der Waals surface area contributed by atoms with E-state index in [1.165, 1.54) is 34.6 Å². The molecule has 0 atom stereocenters. The third-order valence-electron chi connectivity index (χ3n) is 4.12. The number of nitrogens with one attached hydrogen (secondary N) is 1. The molecule has 1 N–H and O–H groups in total. The number of anilines is 1. The molecule has 1 fully saturated rings. The number of rotatable bonds is 4. The summed E-state index contributed by atoms with van der Waals surface area (Å²) in [6.45, 7) is 2.17. The summed E-state index contributed by atoms with van der Waals surface area (Å²) in [6.07, 6.45) is 4.62. The fourth-order valence-electron chi connectivity index (χ4n) is 2.92. The first-order valence-electron chi connectivity index (χ1n) is 7.22. The molecule has 20 heavy (non-hydrogen) atoms. The third kappa shape index (κ3) is 2.85. The molecule has 1 aliphatic rings. The summed E-state index contributed by atoms with van der Waals surface area (Å²) in [5.41, 5.74) is 4.15. The van der Waals surface area contributed by atoms with E-state index in [1.807, 2.05) is 11.8 Å². The maximum atomic E-state index is 3.69. The predicted octanol–water partition coefficient (Wildman–Crippen LogP) is 5.08. The van der Waals surface area contributed by atoms with Crippen molar-refractivity contribution < 1.29 is 0 Å².